The van der Waals surface area contributed by atoms with Crippen molar-refractivity contribution in [2.75, 3.05) is 46.9 Å². The standard InChI is InChI=1S/C28H38N2O2/c1-29-16-18-30(19-17-29)22-26-14-8-7-13-25(20-23-10-4-3-5-11-23)28(26,31)21-24-12-6-9-15-27(24)32-2/h3-6,9-12,15,20,26,31H,7-8,13-14,16-19,21-22H2,1-2H3. The topological polar surface area (TPSA) is 35.9 Å². The Hall–Kier alpha value is -2.14. The Labute approximate surface area is 193 Å². The highest BCUT2D eigenvalue weighted by Gasteiger charge is 2.42. The lowest BCUT2D eigenvalue weighted by Gasteiger charge is -2.42. The van der Waals surface area contributed by atoms with Gasteiger partial charge in [0.1, 0.15) is 5.75 Å². The molecule has 4 rings (SSSR count). The lowest BCUT2D eigenvalue weighted by molar-refractivity contribution is -0.00677. The van der Waals surface area contributed by atoms with E-state index in [0.717, 1.165) is 63.3 Å². The highest BCUT2D eigenvalue weighted by Crippen LogP contribution is 2.42. The number of hydrogen-bond donors (Lipinski definition) is 1. The average Bonchev–Trinajstić information content (AvgIpc) is 2.95. The number of likely N-dealkylation sites (N-methyl/N-ethyl adjacent to an activating group) is 1. The van der Waals surface area contributed by atoms with Crippen LogP contribution in [0.4, 0.5) is 0 Å². The number of piperazine rings is 1. The Bertz CT molecular complexity index is 889. The molecule has 2 fully saturated rings. The van der Waals surface area contributed by atoms with Gasteiger partial charge in [0.2, 0.25) is 0 Å². The molecule has 0 amide bonds. The molecule has 2 aromatic carbocycles. The quantitative estimate of drug-likeness (QED) is 0.680. The van der Waals surface area contributed by atoms with Crippen LogP contribution in [0.15, 0.2) is 60.2 Å². The predicted octanol–water partition coefficient (Wildman–Crippen LogP) is 4.49. The molecule has 2 aliphatic rings. The van der Waals surface area contributed by atoms with Crippen LogP contribution in [0, 0.1) is 5.92 Å². The van der Waals surface area contributed by atoms with E-state index < -0.39 is 5.60 Å². The summed E-state index contributed by atoms with van der Waals surface area (Å²) < 4.78 is 5.67. The van der Waals surface area contributed by atoms with Crippen molar-refractivity contribution < 1.29 is 9.84 Å². The van der Waals surface area contributed by atoms with Crippen LogP contribution in [0.1, 0.15) is 36.8 Å². The van der Waals surface area contributed by atoms with E-state index in [2.05, 4.69) is 53.3 Å². The summed E-state index contributed by atoms with van der Waals surface area (Å²) in [6.07, 6.45) is 7.14. The third kappa shape index (κ3) is 5.43. The van der Waals surface area contributed by atoms with Crippen LogP contribution in [0.3, 0.4) is 0 Å². The fourth-order valence-electron chi connectivity index (χ4n) is 5.35. The number of methoxy groups -OCH3 is 1. The summed E-state index contributed by atoms with van der Waals surface area (Å²) in [5.74, 6) is 1.07. The van der Waals surface area contributed by atoms with Crippen LogP contribution in [-0.4, -0.2) is 67.4 Å². The predicted molar refractivity (Wildman–Crippen MR) is 132 cm³/mol. The molecule has 2 atom stereocenters. The molecule has 172 valence electrons. The van der Waals surface area contributed by atoms with Gasteiger partial charge < -0.3 is 19.6 Å². The molecule has 4 nitrogen and oxygen atoms in total. The number of para-hydroxylation sites is 1. The van der Waals surface area contributed by atoms with Gasteiger partial charge in [-0.3, -0.25) is 0 Å². The molecule has 0 radical (unpaired) electrons. The van der Waals surface area contributed by atoms with E-state index in [-0.39, 0.29) is 5.92 Å². The number of rotatable bonds is 6. The van der Waals surface area contributed by atoms with Gasteiger partial charge >= 0.3 is 0 Å². The maximum Gasteiger partial charge on any atom is 0.122 e. The molecule has 1 saturated heterocycles. The minimum absolute atomic E-state index is 0.202. The average molecular weight is 435 g/mol. The molecule has 1 aliphatic heterocycles. The van der Waals surface area contributed by atoms with Crippen LogP contribution in [0.5, 0.6) is 5.75 Å². The maximum absolute atomic E-state index is 12.5. The number of hydrogen-bond acceptors (Lipinski definition) is 4. The second-order valence-corrected chi connectivity index (χ2v) is 9.54. The normalized spacial score (nSPS) is 26.7. The zero-order chi connectivity index (χ0) is 22.4. The molecule has 2 aromatic rings. The van der Waals surface area contributed by atoms with E-state index in [9.17, 15) is 5.11 Å². The smallest absolute Gasteiger partial charge is 0.122 e. The number of benzene rings is 2. The van der Waals surface area contributed by atoms with Crippen molar-refractivity contribution in [3.8, 4) is 5.75 Å². The summed E-state index contributed by atoms with van der Waals surface area (Å²) in [5.41, 5.74) is 2.54. The first-order valence-electron chi connectivity index (χ1n) is 12.1. The zero-order valence-electron chi connectivity index (χ0n) is 19.7. The summed E-state index contributed by atoms with van der Waals surface area (Å²) in [6, 6.07) is 18.6. The second-order valence-electron chi connectivity index (χ2n) is 9.54. The molecule has 0 aromatic heterocycles. The van der Waals surface area contributed by atoms with Crippen LogP contribution in [0.2, 0.25) is 0 Å². The van der Waals surface area contributed by atoms with E-state index in [1.807, 2.05) is 24.3 Å². The molecule has 0 spiro atoms. The van der Waals surface area contributed by atoms with E-state index in [4.69, 9.17) is 4.74 Å². The Morgan fingerprint density at radius 1 is 1.00 bits per heavy atom. The molecule has 2 unspecified atom stereocenters. The Morgan fingerprint density at radius 2 is 1.72 bits per heavy atom. The first-order chi connectivity index (χ1) is 15.6. The third-order valence-electron chi connectivity index (χ3n) is 7.35. The molecule has 1 N–H and O–H groups in total. The molecular weight excluding hydrogens is 396 g/mol. The molecular formula is C28H38N2O2. The lowest BCUT2D eigenvalue weighted by atomic mass is 9.74. The number of ether oxygens (including phenoxy) is 1. The van der Waals surface area contributed by atoms with Gasteiger partial charge in [0.15, 0.2) is 0 Å². The monoisotopic (exact) mass is 434 g/mol. The van der Waals surface area contributed by atoms with Gasteiger partial charge in [-0.1, -0.05) is 61.0 Å². The van der Waals surface area contributed by atoms with E-state index in [1.54, 1.807) is 7.11 Å². The summed E-state index contributed by atoms with van der Waals surface area (Å²) in [4.78, 5) is 4.95. The number of aliphatic hydroxyl groups is 1. The minimum atomic E-state index is -0.885. The van der Waals surface area contributed by atoms with E-state index in [1.165, 1.54) is 17.6 Å². The second kappa shape index (κ2) is 10.7. The maximum atomic E-state index is 12.5. The molecule has 1 aliphatic carbocycles. The first-order valence-corrected chi connectivity index (χ1v) is 12.1. The van der Waals surface area contributed by atoms with Crippen molar-refractivity contribution in [3.63, 3.8) is 0 Å². The highest BCUT2D eigenvalue weighted by molar-refractivity contribution is 5.56. The van der Waals surface area contributed by atoms with Gasteiger partial charge in [0, 0.05) is 45.1 Å². The van der Waals surface area contributed by atoms with E-state index >= 15 is 0 Å². The summed E-state index contributed by atoms with van der Waals surface area (Å²) in [5, 5.41) is 12.5. The largest absolute Gasteiger partial charge is 0.496 e. The van der Waals surface area contributed by atoms with Crippen molar-refractivity contribution in [2.45, 2.75) is 37.7 Å². The summed E-state index contributed by atoms with van der Waals surface area (Å²) in [7, 11) is 3.92. The molecule has 1 heterocycles. The lowest BCUT2D eigenvalue weighted by Crippen LogP contribution is -2.51. The Kier molecular flexibility index (Phi) is 7.67. The van der Waals surface area contributed by atoms with Crippen LogP contribution < -0.4 is 4.74 Å². The van der Waals surface area contributed by atoms with Crippen molar-refractivity contribution >= 4 is 6.08 Å². The van der Waals surface area contributed by atoms with Crippen LogP contribution >= 0.6 is 0 Å². The highest BCUT2D eigenvalue weighted by atomic mass is 16.5. The van der Waals surface area contributed by atoms with Crippen LogP contribution in [0.25, 0.3) is 6.08 Å². The van der Waals surface area contributed by atoms with Crippen molar-refractivity contribution in [1.29, 1.82) is 0 Å². The molecule has 1 saturated carbocycles. The van der Waals surface area contributed by atoms with Crippen molar-refractivity contribution in [1.82, 2.24) is 9.80 Å². The first kappa shape index (κ1) is 23.0. The van der Waals surface area contributed by atoms with Crippen LogP contribution in [-0.2, 0) is 6.42 Å². The zero-order valence-corrected chi connectivity index (χ0v) is 19.7. The van der Waals surface area contributed by atoms with Gasteiger partial charge in [0.25, 0.3) is 0 Å². The SMILES string of the molecule is COc1ccccc1CC1(O)C(=Cc2ccccc2)CCCCC1CN1CCN(C)CC1. The van der Waals surface area contributed by atoms with Gasteiger partial charge in [-0.25, -0.2) is 0 Å². The van der Waals surface area contributed by atoms with Crippen molar-refractivity contribution in [2.24, 2.45) is 5.92 Å². The minimum Gasteiger partial charge on any atom is -0.496 e. The third-order valence-corrected chi connectivity index (χ3v) is 7.35. The van der Waals surface area contributed by atoms with Gasteiger partial charge in [-0.15, -0.1) is 0 Å². The molecule has 0 bridgehead atoms. The van der Waals surface area contributed by atoms with Gasteiger partial charge in [-0.05, 0) is 49.1 Å². The molecule has 4 heteroatoms. The molecule has 32 heavy (non-hydrogen) atoms. The summed E-state index contributed by atoms with van der Waals surface area (Å²) >= 11 is 0. The summed E-state index contributed by atoms with van der Waals surface area (Å²) in [6.45, 7) is 5.31. The van der Waals surface area contributed by atoms with Gasteiger partial charge in [-0.2, -0.15) is 0 Å². The van der Waals surface area contributed by atoms with E-state index in [0.29, 0.717) is 6.42 Å². The Balaban J connectivity index is 1.70. The van der Waals surface area contributed by atoms with Gasteiger partial charge in [0.05, 0.1) is 12.7 Å². The fraction of sp³-hybridized carbons (Fsp3) is 0.500. The number of nitrogens with zero attached hydrogens (tertiary/aromatic N) is 2. The Morgan fingerprint density at radius 3 is 2.47 bits per heavy atom. The fourth-order valence-corrected chi connectivity index (χ4v) is 5.35. The van der Waals surface area contributed by atoms with Crippen molar-refractivity contribution in [3.05, 3.63) is 71.3 Å².